The molecule has 4 heteroatoms. The lowest BCUT2D eigenvalue weighted by atomic mass is 10.2. The van der Waals surface area contributed by atoms with E-state index in [0.29, 0.717) is 13.1 Å². The van der Waals surface area contributed by atoms with Crippen LogP contribution in [0.15, 0.2) is 0 Å². The first kappa shape index (κ1) is 10.5. The third-order valence-electron chi connectivity index (χ3n) is 2.33. The van der Waals surface area contributed by atoms with Gasteiger partial charge in [-0.05, 0) is 13.5 Å². The van der Waals surface area contributed by atoms with Gasteiger partial charge in [0, 0.05) is 19.6 Å². The topological polar surface area (TPSA) is 43.8 Å². The Morgan fingerprint density at radius 3 is 2.69 bits per heavy atom. The average molecular weight is 186 g/mol. The highest BCUT2D eigenvalue weighted by Crippen LogP contribution is 2.03. The molecule has 0 aromatic rings. The summed E-state index contributed by atoms with van der Waals surface area (Å²) in [7, 11) is 0. The van der Waals surface area contributed by atoms with Crippen molar-refractivity contribution in [2.75, 3.05) is 32.7 Å². The molecule has 1 unspecified atom stereocenters. The largest absolute Gasteiger partial charge is 0.392 e. The van der Waals surface area contributed by atoms with Gasteiger partial charge in [0.2, 0.25) is 5.91 Å². The maximum absolute atomic E-state index is 11.5. The Morgan fingerprint density at radius 1 is 1.54 bits per heavy atom. The van der Waals surface area contributed by atoms with Gasteiger partial charge in [0.25, 0.3) is 0 Å². The molecule has 1 fully saturated rings. The monoisotopic (exact) mass is 186 g/mol. The molecule has 0 bridgehead atoms. The van der Waals surface area contributed by atoms with Crippen molar-refractivity contribution in [3.63, 3.8) is 0 Å². The van der Waals surface area contributed by atoms with E-state index in [9.17, 15) is 4.79 Å². The first-order chi connectivity index (χ1) is 6.13. The molecule has 0 aromatic carbocycles. The molecule has 1 atom stereocenters. The highest BCUT2D eigenvalue weighted by atomic mass is 16.3. The highest BCUT2D eigenvalue weighted by molar-refractivity contribution is 5.79. The molecule has 1 aliphatic heterocycles. The standard InChI is InChI=1S/C9H18N2O2/c1-3-10-4-5-11(6-8(2)12)9(13)7-10/h8,12H,3-7H2,1-2H3. The number of rotatable bonds is 3. The van der Waals surface area contributed by atoms with E-state index in [4.69, 9.17) is 5.11 Å². The molecule has 13 heavy (non-hydrogen) atoms. The first-order valence-electron chi connectivity index (χ1n) is 4.81. The van der Waals surface area contributed by atoms with Gasteiger partial charge < -0.3 is 10.0 Å². The third-order valence-corrected chi connectivity index (χ3v) is 2.33. The Hall–Kier alpha value is -0.610. The summed E-state index contributed by atoms with van der Waals surface area (Å²) in [5.41, 5.74) is 0. The number of carbonyl (C=O) groups excluding carboxylic acids is 1. The van der Waals surface area contributed by atoms with Gasteiger partial charge in [0.1, 0.15) is 0 Å². The summed E-state index contributed by atoms with van der Waals surface area (Å²) in [6, 6.07) is 0. The maximum Gasteiger partial charge on any atom is 0.236 e. The quantitative estimate of drug-likeness (QED) is 0.648. The predicted octanol–water partition coefficient (Wildman–Crippen LogP) is -0.469. The van der Waals surface area contributed by atoms with Crippen LogP contribution in [0.4, 0.5) is 0 Å². The van der Waals surface area contributed by atoms with Crippen LogP contribution in [-0.2, 0) is 4.79 Å². The average Bonchev–Trinajstić information content (AvgIpc) is 2.08. The van der Waals surface area contributed by atoms with E-state index in [-0.39, 0.29) is 5.91 Å². The molecule has 1 heterocycles. The van der Waals surface area contributed by atoms with Crippen molar-refractivity contribution in [3.05, 3.63) is 0 Å². The van der Waals surface area contributed by atoms with Crippen LogP contribution >= 0.6 is 0 Å². The summed E-state index contributed by atoms with van der Waals surface area (Å²) >= 11 is 0. The smallest absolute Gasteiger partial charge is 0.236 e. The lowest BCUT2D eigenvalue weighted by molar-refractivity contribution is -0.137. The fraction of sp³-hybridized carbons (Fsp3) is 0.889. The van der Waals surface area contributed by atoms with Crippen molar-refractivity contribution in [1.82, 2.24) is 9.80 Å². The molecule has 0 radical (unpaired) electrons. The second-order valence-electron chi connectivity index (χ2n) is 3.56. The minimum Gasteiger partial charge on any atom is -0.392 e. The Labute approximate surface area is 79.1 Å². The van der Waals surface area contributed by atoms with Crippen LogP contribution in [0, 0.1) is 0 Å². The van der Waals surface area contributed by atoms with E-state index in [1.807, 2.05) is 0 Å². The predicted molar refractivity (Wildman–Crippen MR) is 50.4 cm³/mol. The maximum atomic E-state index is 11.5. The molecule has 0 aromatic heterocycles. The van der Waals surface area contributed by atoms with Gasteiger partial charge in [-0.3, -0.25) is 9.69 Å². The van der Waals surface area contributed by atoms with Gasteiger partial charge in [0.15, 0.2) is 0 Å². The zero-order valence-electron chi connectivity index (χ0n) is 8.36. The van der Waals surface area contributed by atoms with Gasteiger partial charge in [-0.2, -0.15) is 0 Å². The SMILES string of the molecule is CCN1CCN(CC(C)O)C(=O)C1. The minimum atomic E-state index is -0.419. The lowest BCUT2D eigenvalue weighted by Crippen LogP contribution is -2.51. The van der Waals surface area contributed by atoms with E-state index in [2.05, 4.69) is 11.8 Å². The first-order valence-corrected chi connectivity index (χ1v) is 4.81. The number of aliphatic hydroxyl groups excluding tert-OH is 1. The second-order valence-corrected chi connectivity index (χ2v) is 3.56. The Kier molecular flexibility index (Phi) is 3.69. The van der Waals surface area contributed by atoms with Crippen molar-refractivity contribution >= 4 is 5.91 Å². The van der Waals surface area contributed by atoms with Crippen LogP contribution in [-0.4, -0.2) is 59.6 Å². The van der Waals surface area contributed by atoms with E-state index in [0.717, 1.165) is 19.6 Å². The molecule has 0 aliphatic carbocycles. The fourth-order valence-corrected chi connectivity index (χ4v) is 1.54. The Balaban J connectivity index is 2.39. The van der Waals surface area contributed by atoms with Crippen LogP contribution in [0.1, 0.15) is 13.8 Å². The molecule has 1 N–H and O–H groups in total. The van der Waals surface area contributed by atoms with Crippen molar-refractivity contribution in [1.29, 1.82) is 0 Å². The van der Waals surface area contributed by atoms with Crippen LogP contribution in [0.25, 0.3) is 0 Å². The van der Waals surface area contributed by atoms with Crippen molar-refractivity contribution in [2.45, 2.75) is 20.0 Å². The van der Waals surface area contributed by atoms with Crippen molar-refractivity contribution < 1.29 is 9.90 Å². The molecular weight excluding hydrogens is 168 g/mol. The molecule has 0 spiro atoms. The molecule has 1 amide bonds. The fourth-order valence-electron chi connectivity index (χ4n) is 1.54. The molecule has 0 saturated carbocycles. The molecule has 1 aliphatic rings. The van der Waals surface area contributed by atoms with Gasteiger partial charge in [-0.1, -0.05) is 6.92 Å². The van der Waals surface area contributed by atoms with E-state index in [1.165, 1.54) is 0 Å². The number of piperazine rings is 1. The van der Waals surface area contributed by atoms with Crippen LogP contribution in [0.5, 0.6) is 0 Å². The second kappa shape index (κ2) is 4.58. The summed E-state index contributed by atoms with van der Waals surface area (Å²) in [6.45, 7) is 7.33. The summed E-state index contributed by atoms with van der Waals surface area (Å²) in [4.78, 5) is 15.3. The van der Waals surface area contributed by atoms with Gasteiger partial charge in [-0.25, -0.2) is 0 Å². The molecule has 4 nitrogen and oxygen atoms in total. The number of aliphatic hydroxyl groups is 1. The zero-order chi connectivity index (χ0) is 9.84. The van der Waals surface area contributed by atoms with E-state index in [1.54, 1.807) is 11.8 Å². The number of amides is 1. The van der Waals surface area contributed by atoms with Crippen LogP contribution in [0.2, 0.25) is 0 Å². The van der Waals surface area contributed by atoms with E-state index < -0.39 is 6.10 Å². The molecular formula is C9H18N2O2. The number of likely N-dealkylation sites (N-methyl/N-ethyl adjacent to an activating group) is 1. The summed E-state index contributed by atoms with van der Waals surface area (Å²) in [5.74, 6) is 0.133. The van der Waals surface area contributed by atoms with Gasteiger partial charge in [-0.15, -0.1) is 0 Å². The number of nitrogens with zero attached hydrogens (tertiary/aromatic N) is 2. The van der Waals surface area contributed by atoms with E-state index >= 15 is 0 Å². The summed E-state index contributed by atoms with van der Waals surface area (Å²) in [6.07, 6.45) is -0.419. The number of hydrogen-bond donors (Lipinski definition) is 1. The molecule has 1 saturated heterocycles. The zero-order valence-corrected chi connectivity index (χ0v) is 8.36. The summed E-state index contributed by atoms with van der Waals surface area (Å²) in [5, 5.41) is 9.14. The number of hydrogen-bond acceptors (Lipinski definition) is 3. The Morgan fingerprint density at radius 2 is 2.23 bits per heavy atom. The number of carbonyl (C=O) groups is 1. The van der Waals surface area contributed by atoms with Crippen LogP contribution in [0.3, 0.4) is 0 Å². The normalized spacial score (nSPS) is 22.1. The summed E-state index contributed by atoms with van der Waals surface area (Å²) < 4.78 is 0. The minimum absolute atomic E-state index is 0.133. The Bertz CT molecular complexity index is 182. The van der Waals surface area contributed by atoms with Crippen molar-refractivity contribution in [2.24, 2.45) is 0 Å². The number of β-amino-alcohol motifs (C(OH)–C–C–N with tert-alkyl or cyclic N) is 1. The highest BCUT2D eigenvalue weighted by Gasteiger charge is 2.23. The molecule has 76 valence electrons. The van der Waals surface area contributed by atoms with Crippen LogP contribution < -0.4 is 0 Å². The van der Waals surface area contributed by atoms with Gasteiger partial charge in [0.05, 0.1) is 12.6 Å². The third kappa shape index (κ3) is 2.97. The van der Waals surface area contributed by atoms with Crippen molar-refractivity contribution in [3.8, 4) is 0 Å². The van der Waals surface area contributed by atoms with Gasteiger partial charge >= 0.3 is 0 Å². The molecule has 1 rings (SSSR count). The lowest BCUT2D eigenvalue weighted by Gasteiger charge is -2.34.